The Balaban J connectivity index is 2.07. The minimum Gasteiger partial charge on any atom is -0.315 e. The molecular weight excluding hydrogens is 264 g/mol. The van der Waals surface area contributed by atoms with Gasteiger partial charge in [-0.05, 0) is 19.4 Å². The van der Waals surface area contributed by atoms with Gasteiger partial charge in [-0.2, -0.15) is 9.40 Å². The highest BCUT2D eigenvalue weighted by molar-refractivity contribution is 7.89. The molecule has 1 aliphatic rings. The topological polar surface area (TPSA) is 67.2 Å². The molecule has 0 aromatic carbocycles. The van der Waals surface area contributed by atoms with Crippen LogP contribution < -0.4 is 5.32 Å². The molecule has 0 saturated heterocycles. The van der Waals surface area contributed by atoms with Crippen LogP contribution in [-0.4, -0.2) is 48.2 Å². The predicted octanol–water partition coefficient (Wildman–Crippen LogP) is 0.666. The minimum absolute atomic E-state index is 0.195. The van der Waals surface area contributed by atoms with E-state index in [-0.39, 0.29) is 6.04 Å². The van der Waals surface area contributed by atoms with E-state index in [4.69, 9.17) is 0 Å². The molecule has 6 nitrogen and oxygen atoms in total. The van der Waals surface area contributed by atoms with Crippen LogP contribution in [0.15, 0.2) is 17.3 Å². The van der Waals surface area contributed by atoms with Crippen molar-refractivity contribution in [2.24, 2.45) is 0 Å². The van der Waals surface area contributed by atoms with Crippen molar-refractivity contribution >= 4 is 10.0 Å². The zero-order chi connectivity index (χ0) is 13.9. The normalized spacial score (nSPS) is 16.2. The molecule has 1 N–H and O–H groups in total. The van der Waals surface area contributed by atoms with Crippen molar-refractivity contribution in [3.05, 3.63) is 12.4 Å². The average Bonchev–Trinajstić information content (AvgIpc) is 3.07. The molecule has 1 fully saturated rings. The van der Waals surface area contributed by atoms with E-state index in [1.165, 1.54) is 6.20 Å². The maximum absolute atomic E-state index is 12.4. The molecule has 1 aliphatic carbocycles. The third-order valence-corrected chi connectivity index (χ3v) is 5.23. The van der Waals surface area contributed by atoms with E-state index < -0.39 is 10.0 Å². The van der Waals surface area contributed by atoms with Crippen molar-refractivity contribution in [3.8, 4) is 0 Å². The maximum atomic E-state index is 12.4. The van der Waals surface area contributed by atoms with Gasteiger partial charge in [0.1, 0.15) is 4.90 Å². The van der Waals surface area contributed by atoms with Crippen LogP contribution in [0.4, 0.5) is 0 Å². The lowest BCUT2D eigenvalue weighted by atomic mass is 10.6. The molecule has 108 valence electrons. The summed E-state index contributed by atoms with van der Waals surface area (Å²) in [6.07, 6.45) is 5.02. The molecule has 0 unspecified atom stereocenters. The monoisotopic (exact) mass is 286 g/mol. The Morgan fingerprint density at radius 1 is 1.47 bits per heavy atom. The van der Waals surface area contributed by atoms with Crippen LogP contribution in [0.25, 0.3) is 0 Å². The van der Waals surface area contributed by atoms with Gasteiger partial charge in [0.15, 0.2) is 0 Å². The summed E-state index contributed by atoms with van der Waals surface area (Å²) >= 11 is 0. The standard InChI is InChI=1S/C12H22N4O2S/c1-3-13-7-8-15-10-12(9-14-15)19(17,18)16(4-2)11-5-6-11/h9-11,13H,3-8H2,1-2H3. The van der Waals surface area contributed by atoms with E-state index in [2.05, 4.69) is 10.4 Å². The number of sulfonamides is 1. The summed E-state index contributed by atoms with van der Waals surface area (Å²) in [7, 11) is -3.37. The highest BCUT2D eigenvalue weighted by atomic mass is 32.2. The summed E-state index contributed by atoms with van der Waals surface area (Å²) < 4.78 is 28.1. The number of likely N-dealkylation sites (N-methyl/N-ethyl adjacent to an activating group) is 1. The Labute approximate surface area is 114 Å². The summed E-state index contributed by atoms with van der Waals surface area (Å²) in [4.78, 5) is 0.303. The van der Waals surface area contributed by atoms with Gasteiger partial charge in [-0.25, -0.2) is 8.42 Å². The molecule has 0 amide bonds. The zero-order valence-electron chi connectivity index (χ0n) is 11.5. The number of nitrogens with zero attached hydrogens (tertiary/aromatic N) is 3. The second-order valence-corrected chi connectivity index (χ2v) is 6.62. The molecule has 7 heteroatoms. The number of nitrogens with one attached hydrogen (secondary N) is 1. The van der Waals surface area contributed by atoms with E-state index >= 15 is 0 Å². The van der Waals surface area contributed by atoms with Crippen molar-refractivity contribution in [1.29, 1.82) is 0 Å². The number of rotatable bonds is 8. The molecule has 0 bridgehead atoms. The van der Waals surface area contributed by atoms with Crippen molar-refractivity contribution < 1.29 is 8.42 Å². The van der Waals surface area contributed by atoms with Crippen LogP contribution in [0.1, 0.15) is 26.7 Å². The van der Waals surface area contributed by atoms with Crippen LogP contribution in [0.5, 0.6) is 0 Å². The fourth-order valence-electron chi connectivity index (χ4n) is 2.09. The van der Waals surface area contributed by atoms with Crippen LogP contribution in [0, 0.1) is 0 Å². The lowest BCUT2D eigenvalue weighted by molar-refractivity contribution is 0.421. The molecule has 0 radical (unpaired) electrons. The minimum atomic E-state index is -3.37. The predicted molar refractivity (Wildman–Crippen MR) is 73.4 cm³/mol. The fraction of sp³-hybridized carbons (Fsp3) is 0.750. The van der Waals surface area contributed by atoms with Crippen LogP contribution >= 0.6 is 0 Å². The molecule has 1 saturated carbocycles. The first kappa shape index (κ1) is 14.5. The summed E-state index contributed by atoms with van der Waals surface area (Å²) in [6, 6.07) is 0.195. The molecule has 1 heterocycles. The summed E-state index contributed by atoms with van der Waals surface area (Å²) in [5.74, 6) is 0. The molecule has 2 rings (SSSR count). The van der Waals surface area contributed by atoms with Crippen LogP contribution in [0.3, 0.4) is 0 Å². The van der Waals surface area contributed by atoms with E-state index in [0.29, 0.717) is 18.0 Å². The van der Waals surface area contributed by atoms with Gasteiger partial charge in [0.25, 0.3) is 0 Å². The summed E-state index contributed by atoms with van der Waals surface area (Å²) in [5, 5.41) is 7.31. The molecular formula is C12H22N4O2S. The van der Waals surface area contributed by atoms with Gasteiger partial charge in [0.2, 0.25) is 10.0 Å². The Hall–Kier alpha value is -0.920. The largest absolute Gasteiger partial charge is 0.315 e. The van der Waals surface area contributed by atoms with E-state index in [1.54, 1.807) is 15.2 Å². The Kier molecular flexibility index (Phi) is 4.59. The first-order valence-electron chi connectivity index (χ1n) is 6.84. The lowest BCUT2D eigenvalue weighted by Crippen LogP contribution is -2.32. The summed E-state index contributed by atoms with van der Waals surface area (Å²) in [6.45, 7) is 6.81. The number of aromatic nitrogens is 2. The van der Waals surface area contributed by atoms with Gasteiger partial charge in [-0.3, -0.25) is 4.68 Å². The first-order chi connectivity index (χ1) is 9.09. The summed E-state index contributed by atoms with van der Waals surface area (Å²) in [5.41, 5.74) is 0. The van der Waals surface area contributed by atoms with Gasteiger partial charge in [0.05, 0.1) is 12.7 Å². The maximum Gasteiger partial charge on any atom is 0.246 e. The zero-order valence-corrected chi connectivity index (χ0v) is 12.4. The first-order valence-corrected chi connectivity index (χ1v) is 8.28. The van der Waals surface area contributed by atoms with E-state index in [0.717, 1.165) is 25.9 Å². The molecule has 0 spiro atoms. The smallest absolute Gasteiger partial charge is 0.246 e. The quantitative estimate of drug-likeness (QED) is 0.713. The van der Waals surface area contributed by atoms with Gasteiger partial charge in [0, 0.05) is 25.3 Å². The van der Waals surface area contributed by atoms with Gasteiger partial charge < -0.3 is 5.32 Å². The lowest BCUT2D eigenvalue weighted by Gasteiger charge is -2.18. The van der Waals surface area contributed by atoms with E-state index in [1.807, 2.05) is 13.8 Å². The highest BCUT2D eigenvalue weighted by Gasteiger charge is 2.37. The molecule has 0 atom stereocenters. The number of hydrogen-bond donors (Lipinski definition) is 1. The van der Waals surface area contributed by atoms with Crippen LogP contribution in [0.2, 0.25) is 0 Å². The molecule has 1 aromatic heterocycles. The Bertz CT molecular complexity index is 508. The van der Waals surface area contributed by atoms with Gasteiger partial charge in [-0.1, -0.05) is 13.8 Å². The fourth-order valence-corrected chi connectivity index (χ4v) is 3.74. The van der Waals surface area contributed by atoms with Gasteiger partial charge >= 0.3 is 0 Å². The Morgan fingerprint density at radius 3 is 2.79 bits per heavy atom. The second kappa shape index (κ2) is 6.02. The van der Waals surface area contributed by atoms with Crippen molar-refractivity contribution in [3.63, 3.8) is 0 Å². The molecule has 0 aliphatic heterocycles. The van der Waals surface area contributed by atoms with Crippen molar-refractivity contribution in [2.75, 3.05) is 19.6 Å². The molecule has 19 heavy (non-hydrogen) atoms. The van der Waals surface area contributed by atoms with Gasteiger partial charge in [-0.15, -0.1) is 0 Å². The van der Waals surface area contributed by atoms with E-state index in [9.17, 15) is 8.42 Å². The third-order valence-electron chi connectivity index (χ3n) is 3.25. The number of hydrogen-bond acceptors (Lipinski definition) is 4. The SMILES string of the molecule is CCNCCn1cc(S(=O)(=O)N(CC)C2CC2)cn1. The second-order valence-electron chi connectivity index (χ2n) is 4.73. The third kappa shape index (κ3) is 3.34. The Morgan fingerprint density at radius 2 is 2.21 bits per heavy atom. The van der Waals surface area contributed by atoms with Crippen molar-refractivity contribution in [1.82, 2.24) is 19.4 Å². The average molecular weight is 286 g/mol. The highest BCUT2D eigenvalue weighted by Crippen LogP contribution is 2.31. The van der Waals surface area contributed by atoms with Crippen molar-refractivity contribution in [2.45, 2.75) is 44.2 Å². The molecule has 1 aromatic rings. The van der Waals surface area contributed by atoms with Crippen LogP contribution in [-0.2, 0) is 16.6 Å².